The summed E-state index contributed by atoms with van der Waals surface area (Å²) in [6, 6.07) is 14.1. The van der Waals surface area contributed by atoms with Crippen molar-refractivity contribution >= 4 is 0 Å². The van der Waals surface area contributed by atoms with Crippen molar-refractivity contribution < 1.29 is 5.11 Å². The van der Waals surface area contributed by atoms with Crippen molar-refractivity contribution in [1.29, 1.82) is 0 Å². The van der Waals surface area contributed by atoms with E-state index in [4.69, 9.17) is 0 Å². The first-order chi connectivity index (χ1) is 11.8. The van der Waals surface area contributed by atoms with Crippen LogP contribution in [-0.4, -0.2) is 37.7 Å². The van der Waals surface area contributed by atoms with Crippen LogP contribution in [0.25, 0.3) is 5.82 Å². The molecule has 0 saturated heterocycles. The van der Waals surface area contributed by atoms with Crippen molar-refractivity contribution in [2.45, 2.75) is 20.0 Å². The van der Waals surface area contributed by atoms with Gasteiger partial charge in [-0.05, 0) is 42.8 Å². The number of nitrogens with zero attached hydrogens (tertiary/aromatic N) is 4. The highest BCUT2D eigenvalue weighted by molar-refractivity contribution is 5.29. The van der Waals surface area contributed by atoms with Gasteiger partial charge in [-0.15, -0.1) is 0 Å². The van der Waals surface area contributed by atoms with Crippen molar-refractivity contribution in [3.8, 4) is 5.82 Å². The van der Waals surface area contributed by atoms with Crippen molar-refractivity contribution in [3.63, 3.8) is 0 Å². The van der Waals surface area contributed by atoms with Gasteiger partial charge in [-0.1, -0.05) is 12.1 Å². The van der Waals surface area contributed by atoms with E-state index in [1.165, 1.54) is 0 Å². The molecule has 3 heterocycles. The molecule has 3 aromatic rings. The van der Waals surface area contributed by atoms with Gasteiger partial charge in [0, 0.05) is 49.6 Å². The summed E-state index contributed by atoms with van der Waals surface area (Å²) in [6.07, 6.45) is 5.66. The zero-order valence-corrected chi connectivity index (χ0v) is 13.8. The number of aliphatic hydroxyl groups is 1. The topological polar surface area (TPSA) is 54.2 Å². The average Bonchev–Trinajstić information content (AvgIpc) is 3.04. The summed E-state index contributed by atoms with van der Waals surface area (Å²) in [4.78, 5) is 11.0. The van der Waals surface area contributed by atoms with Gasteiger partial charge in [0.25, 0.3) is 0 Å². The molecule has 0 unspecified atom stereocenters. The molecular weight excluding hydrogens is 300 g/mol. The monoisotopic (exact) mass is 322 g/mol. The molecule has 24 heavy (non-hydrogen) atoms. The molecular formula is C19H22N4O. The van der Waals surface area contributed by atoms with E-state index in [9.17, 15) is 5.11 Å². The smallest absolute Gasteiger partial charge is 0.137 e. The first-order valence-corrected chi connectivity index (χ1v) is 8.08. The molecule has 5 nitrogen and oxygen atoms in total. The lowest BCUT2D eigenvalue weighted by Gasteiger charge is -2.22. The van der Waals surface area contributed by atoms with Crippen molar-refractivity contribution in [2.24, 2.45) is 0 Å². The maximum absolute atomic E-state index is 9.39. The Labute approximate surface area is 142 Å². The molecule has 0 saturated carbocycles. The minimum absolute atomic E-state index is 0.129. The Bertz CT molecular complexity index is 770. The summed E-state index contributed by atoms with van der Waals surface area (Å²) in [5.74, 6) is 0.917. The Morgan fingerprint density at radius 3 is 2.75 bits per heavy atom. The fraction of sp³-hybridized carbons (Fsp3) is 0.263. The standard InChI is InChI=1S/C19H22N4O/c1-16-5-2-8-19(21-16)23-10-4-7-18(23)15-22(11-12-24)14-17-6-3-9-20-13-17/h2-10,13,24H,11-12,14-15H2,1H3. The average molecular weight is 322 g/mol. The fourth-order valence-electron chi connectivity index (χ4n) is 2.77. The molecule has 0 spiro atoms. The van der Waals surface area contributed by atoms with Gasteiger partial charge >= 0.3 is 0 Å². The van der Waals surface area contributed by atoms with Gasteiger partial charge in [0.1, 0.15) is 5.82 Å². The van der Waals surface area contributed by atoms with Crippen LogP contribution >= 0.6 is 0 Å². The molecule has 124 valence electrons. The van der Waals surface area contributed by atoms with Crippen LogP contribution in [0, 0.1) is 6.92 Å². The molecule has 0 aliphatic rings. The molecule has 0 fully saturated rings. The van der Waals surface area contributed by atoms with Gasteiger partial charge in [-0.25, -0.2) is 4.98 Å². The third kappa shape index (κ3) is 4.07. The Morgan fingerprint density at radius 1 is 1.08 bits per heavy atom. The number of hydrogen-bond acceptors (Lipinski definition) is 4. The number of hydrogen-bond donors (Lipinski definition) is 1. The summed E-state index contributed by atoms with van der Waals surface area (Å²) in [5.41, 5.74) is 3.28. The normalized spacial score (nSPS) is 11.1. The first kappa shape index (κ1) is 16.4. The summed E-state index contributed by atoms with van der Waals surface area (Å²) < 4.78 is 2.10. The molecule has 0 atom stereocenters. The summed E-state index contributed by atoms with van der Waals surface area (Å²) in [7, 11) is 0. The van der Waals surface area contributed by atoms with Gasteiger partial charge in [-0.2, -0.15) is 0 Å². The highest BCUT2D eigenvalue weighted by Crippen LogP contribution is 2.15. The quantitative estimate of drug-likeness (QED) is 0.726. The van der Waals surface area contributed by atoms with Crippen molar-refractivity contribution in [1.82, 2.24) is 19.4 Å². The van der Waals surface area contributed by atoms with Crippen LogP contribution in [0.3, 0.4) is 0 Å². The van der Waals surface area contributed by atoms with Gasteiger partial charge in [-0.3, -0.25) is 9.88 Å². The summed E-state index contributed by atoms with van der Waals surface area (Å²) >= 11 is 0. The lowest BCUT2D eigenvalue weighted by molar-refractivity contribution is 0.182. The van der Waals surface area contributed by atoms with Crippen molar-refractivity contribution in [3.05, 3.63) is 78.0 Å². The van der Waals surface area contributed by atoms with Crippen LogP contribution in [0.2, 0.25) is 0 Å². The maximum Gasteiger partial charge on any atom is 0.137 e. The Hall–Kier alpha value is -2.50. The largest absolute Gasteiger partial charge is 0.395 e. The number of aromatic nitrogens is 3. The fourth-order valence-corrected chi connectivity index (χ4v) is 2.77. The van der Waals surface area contributed by atoms with Crippen molar-refractivity contribution in [2.75, 3.05) is 13.2 Å². The molecule has 0 aliphatic heterocycles. The van der Waals surface area contributed by atoms with E-state index in [0.29, 0.717) is 6.54 Å². The van der Waals surface area contributed by atoms with E-state index >= 15 is 0 Å². The molecule has 0 radical (unpaired) electrons. The molecule has 0 bridgehead atoms. The second-order valence-electron chi connectivity index (χ2n) is 5.80. The van der Waals surface area contributed by atoms with E-state index in [-0.39, 0.29) is 6.61 Å². The van der Waals surface area contributed by atoms with Gasteiger partial charge < -0.3 is 9.67 Å². The number of pyridine rings is 2. The van der Waals surface area contributed by atoms with E-state index in [1.807, 2.05) is 49.6 Å². The summed E-state index contributed by atoms with van der Waals surface area (Å²) in [6.45, 7) is 4.22. The predicted molar refractivity (Wildman–Crippen MR) is 93.7 cm³/mol. The third-order valence-corrected chi connectivity index (χ3v) is 3.88. The van der Waals surface area contributed by atoms with Crippen LogP contribution in [0.1, 0.15) is 17.0 Å². The van der Waals surface area contributed by atoms with E-state index in [2.05, 4.69) is 31.6 Å². The van der Waals surface area contributed by atoms with Crippen LogP contribution in [-0.2, 0) is 13.1 Å². The zero-order valence-electron chi connectivity index (χ0n) is 13.8. The lowest BCUT2D eigenvalue weighted by Crippen LogP contribution is -2.27. The van der Waals surface area contributed by atoms with Crippen LogP contribution in [0.5, 0.6) is 0 Å². The zero-order chi connectivity index (χ0) is 16.8. The molecule has 0 aliphatic carbocycles. The molecule has 5 heteroatoms. The molecule has 3 aromatic heterocycles. The second-order valence-corrected chi connectivity index (χ2v) is 5.80. The Morgan fingerprint density at radius 2 is 2.00 bits per heavy atom. The minimum atomic E-state index is 0.129. The summed E-state index contributed by atoms with van der Waals surface area (Å²) in [5, 5.41) is 9.39. The van der Waals surface area contributed by atoms with E-state index < -0.39 is 0 Å². The highest BCUT2D eigenvalue weighted by atomic mass is 16.3. The molecule has 0 amide bonds. The predicted octanol–water partition coefficient (Wildman–Crippen LogP) is 2.57. The number of aliphatic hydroxyl groups excluding tert-OH is 1. The van der Waals surface area contributed by atoms with Crippen LogP contribution < -0.4 is 0 Å². The highest BCUT2D eigenvalue weighted by Gasteiger charge is 2.11. The lowest BCUT2D eigenvalue weighted by atomic mass is 10.2. The Balaban J connectivity index is 1.79. The number of aryl methyl sites for hydroxylation is 1. The molecule has 3 rings (SSSR count). The van der Waals surface area contributed by atoms with Gasteiger partial charge in [0.2, 0.25) is 0 Å². The second kappa shape index (κ2) is 7.86. The first-order valence-electron chi connectivity index (χ1n) is 8.08. The number of rotatable bonds is 7. The maximum atomic E-state index is 9.39. The van der Waals surface area contributed by atoms with Gasteiger partial charge in [0.05, 0.1) is 6.61 Å². The van der Waals surface area contributed by atoms with Gasteiger partial charge in [0.15, 0.2) is 0 Å². The third-order valence-electron chi connectivity index (χ3n) is 3.88. The SMILES string of the molecule is Cc1cccc(-n2cccc2CN(CCO)Cc2cccnc2)n1. The van der Waals surface area contributed by atoms with Crippen LogP contribution in [0.4, 0.5) is 0 Å². The van der Waals surface area contributed by atoms with E-state index in [0.717, 1.165) is 35.9 Å². The molecule has 0 aromatic carbocycles. The van der Waals surface area contributed by atoms with Crippen LogP contribution in [0.15, 0.2) is 61.1 Å². The van der Waals surface area contributed by atoms with E-state index in [1.54, 1.807) is 6.20 Å². The molecule has 1 N–H and O–H groups in total. The minimum Gasteiger partial charge on any atom is -0.395 e. The Kier molecular flexibility index (Phi) is 5.36.